The van der Waals surface area contributed by atoms with Crippen LogP contribution >= 0.6 is 0 Å². The summed E-state index contributed by atoms with van der Waals surface area (Å²) in [5.41, 5.74) is 10.8. The van der Waals surface area contributed by atoms with Crippen LogP contribution in [0, 0.1) is 12.7 Å². The Morgan fingerprint density at radius 1 is 1.15 bits per heavy atom. The van der Waals surface area contributed by atoms with Crippen molar-refractivity contribution in [3.63, 3.8) is 0 Å². The van der Waals surface area contributed by atoms with Gasteiger partial charge in [0.05, 0.1) is 5.54 Å². The molecule has 0 saturated heterocycles. The van der Waals surface area contributed by atoms with Crippen LogP contribution in [0.3, 0.4) is 0 Å². The first-order valence-corrected chi connectivity index (χ1v) is 7.17. The van der Waals surface area contributed by atoms with Crippen molar-refractivity contribution in [1.29, 1.82) is 0 Å². The quantitative estimate of drug-likeness (QED) is 0.823. The highest BCUT2D eigenvalue weighted by atomic mass is 19.1. The molecule has 3 rings (SSSR count). The van der Waals surface area contributed by atoms with Crippen LogP contribution < -0.4 is 5.73 Å². The third-order valence-corrected chi connectivity index (χ3v) is 4.61. The van der Waals surface area contributed by atoms with Crippen LogP contribution in [-0.2, 0) is 5.54 Å². The predicted octanol–water partition coefficient (Wildman–Crippen LogP) is 4.23. The number of fused-ring (bicyclic) bond motifs is 1. The average Bonchev–Trinajstić information content (AvgIpc) is 2.43. The van der Waals surface area contributed by atoms with Gasteiger partial charge in [-0.25, -0.2) is 4.39 Å². The zero-order valence-corrected chi connectivity index (χ0v) is 12.0. The molecular weight excluding hydrogens is 249 g/mol. The second kappa shape index (κ2) is 4.71. The number of nitrogens with two attached hydrogens (primary N) is 1. The maximum atomic E-state index is 13.4. The molecule has 2 aromatic rings. The summed E-state index contributed by atoms with van der Waals surface area (Å²) < 4.78 is 13.4. The van der Waals surface area contributed by atoms with Crippen LogP contribution in [0.2, 0.25) is 0 Å². The summed E-state index contributed by atoms with van der Waals surface area (Å²) in [7, 11) is 0. The second-order valence-electron chi connectivity index (χ2n) is 5.96. The van der Waals surface area contributed by atoms with Gasteiger partial charge in [-0.15, -0.1) is 0 Å². The summed E-state index contributed by atoms with van der Waals surface area (Å²) in [4.78, 5) is 0. The number of hydrogen-bond donors (Lipinski definition) is 1. The molecule has 0 spiro atoms. The highest BCUT2D eigenvalue weighted by Crippen LogP contribution is 2.44. The molecular formula is C18H20FN. The first kappa shape index (κ1) is 13.3. The summed E-state index contributed by atoms with van der Waals surface area (Å²) in [6.45, 7) is 4.18. The molecule has 2 N–H and O–H groups in total. The van der Waals surface area contributed by atoms with Crippen molar-refractivity contribution in [2.75, 3.05) is 0 Å². The van der Waals surface area contributed by atoms with Gasteiger partial charge in [-0.2, -0.15) is 0 Å². The molecule has 0 heterocycles. The molecule has 104 valence electrons. The summed E-state index contributed by atoms with van der Waals surface area (Å²) >= 11 is 0. The van der Waals surface area contributed by atoms with Gasteiger partial charge in [0.2, 0.25) is 0 Å². The van der Waals surface area contributed by atoms with Crippen LogP contribution in [-0.4, -0.2) is 0 Å². The van der Waals surface area contributed by atoms with Crippen molar-refractivity contribution in [3.8, 4) is 0 Å². The molecule has 0 bridgehead atoms. The van der Waals surface area contributed by atoms with Crippen molar-refractivity contribution in [2.24, 2.45) is 5.73 Å². The summed E-state index contributed by atoms with van der Waals surface area (Å²) in [5, 5.41) is 0. The van der Waals surface area contributed by atoms with Gasteiger partial charge in [-0.05, 0) is 60.1 Å². The van der Waals surface area contributed by atoms with Gasteiger partial charge in [-0.3, -0.25) is 0 Å². The lowest BCUT2D eigenvalue weighted by Crippen LogP contribution is -2.42. The Morgan fingerprint density at radius 3 is 2.65 bits per heavy atom. The number of hydrogen-bond acceptors (Lipinski definition) is 1. The van der Waals surface area contributed by atoms with E-state index in [0.29, 0.717) is 5.92 Å². The van der Waals surface area contributed by atoms with E-state index in [4.69, 9.17) is 5.73 Å². The lowest BCUT2D eigenvalue weighted by Gasteiger charge is -2.39. The van der Waals surface area contributed by atoms with E-state index in [1.165, 1.54) is 17.2 Å². The molecule has 0 aromatic heterocycles. The van der Waals surface area contributed by atoms with Crippen molar-refractivity contribution < 1.29 is 4.39 Å². The SMILES string of the molecule is Cc1cc(F)ccc1C1(N)CCC(C)c2ccccc21. The van der Waals surface area contributed by atoms with Gasteiger partial charge in [0.15, 0.2) is 0 Å². The maximum Gasteiger partial charge on any atom is 0.123 e. The average molecular weight is 269 g/mol. The van der Waals surface area contributed by atoms with Crippen LogP contribution in [0.4, 0.5) is 4.39 Å². The van der Waals surface area contributed by atoms with Gasteiger partial charge in [0.25, 0.3) is 0 Å². The van der Waals surface area contributed by atoms with Crippen LogP contribution in [0.25, 0.3) is 0 Å². The minimum Gasteiger partial charge on any atom is -0.318 e. The normalized spacial score (nSPS) is 25.3. The molecule has 0 radical (unpaired) electrons. The fourth-order valence-corrected chi connectivity index (χ4v) is 3.47. The zero-order valence-electron chi connectivity index (χ0n) is 12.0. The number of halogens is 1. The van der Waals surface area contributed by atoms with Gasteiger partial charge in [0.1, 0.15) is 5.82 Å². The third-order valence-electron chi connectivity index (χ3n) is 4.61. The molecule has 1 nitrogen and oxygen atoms in total. The minimum absolute atomic E-state index is 0.202. The van der Waals surface area contributed by atoms with E-state index in [2.05, 4.69) is 25.1 Å². The molecule has 2 aromatic carbocycles. The maximum absolute atomic E-state index is 13.4. The fourth-order valence-electron chi connectivity index (χ4n) is 3.47. The van der Waals surface area contributed by atoms with Gasteiger partial charge in [0, 0.05) is 0 Å². The Labute approximate surface area is 119 Å². The lowest BCUT2D eigenvalue weighted by atomic mass is 9.69. The zero-order chi connectivity index (χ0) is 14.3. The fraction of sp³-hybridized carbons (Fsp3) is 0.333. The number of aryl methyl sites for hydroxylation is 1. The van der Waals surface area contributed by atoms with Gasteiger partial charge < -0.3 is 5.73 Å². The molecule has 20 heavy (non-hydrogen) atoms. The predicted molar refractivity (Wildman–Crippen MR) is 80.2 cm³/mol. The van der Waals surface area contributed by atoms with E-state index >= 15 is 0 Å². The first-order valence-electron chi connectivity index (χ1n) is 7.17. The molecule has 0 saturated carbocycles. The van der Waals surface area contributed by atoms with Crippen molar-refractivity contribution in [1.82, 2.24) is 0 Å². The molecule has 1 aliphatic rings. The Kier molecular flexibility index (Phi) is 3.14. The highest BCUT2D eigenvalue weighted by molar-refractivity contribution is 5.48. The Bertz CT molecular complexity index is 650. The van der Waals surface area contributed by atoms with Gasteiger partial charge in [-0.1, -0.05) is 37.3 Å². The van der Waals surface area contributed by atoms with Crippen LogP contribution in [0.1, 0.15) is 47.9 Å². The van der Waals surface area contributed by atoms with E-state index in [0.717, 1.165) is 24.0 Å². The number of rotatable bonds is 1. The first-order chi connectivity index (χ1) is 9.52. The molecule has 2 atom stereocenters. The monoisotopic (exact) mass is 269 g/mol. The summed E-state index contributed by atoms with van der Waals surface area (Å²) in [5.74, 6) is 0.330. The minimum atomic E-state index is -0.499. The smallest absolute Gasteiger partial charge is 0.123 e. The van der Waals surface area contributed by atoms with Crippen molar-refractivity contribution in [2.45, 2.75) is 38.1 Å². The van der Waals surface area contributed by atoms with E-state index < -0.39 is 5.54 Å². The largest absolute Gasteiger partial charge is 0.318 e. The van der Waals surface area contributed by atoms with E-state index in [1.807, 2.05) is 19.1 Å². The van der Waals surface area contributed by atoms with Crippen LogP contribution in [0.15, 0.2) is 42.5 Å². The standard InChI is InChI=1S/C18H20FN/c1-12-9-10-18(20,17-6-4-3-5-15(12)17)16-8-7-14(19)11-13(16)2/h3-8,11-12H,9-10,20H2,1-2H3. The van der Waals surface area contributed by atoms with Crippen molar-refractivity contribution in [3.05, 3.63) is 70.5 Å². The molecule has 1 aliphatic carbocycles. The summed E-state index contributed by atoms with van der Waals surface area (Å²) in [6.07, 6.45) is 1.96. The van der Waals surface area contributed by atoms with Crippen LogP contribution in [0.5, 0.6) is 0 Å². The molecule has 2 unspecified atom stereocenters. The Hall–Kier alpha value is -1.67. The van der Waals surface area contributed by atoms with Crippen molar-refractivity contribution >= 4 is 0 Å². The highest BCUT2D eigenvalue weighted by Gasteiger charge is 2.37. The van der Waals surface area contributed by atoms with E-state index in [9.17, 15) is 4.39 Å². The molecule has 0 amide bonds. The molecule has 2 heteroatoms. The summed E-state index contributed by atoms with van der Waals surface area (Å²) in [6, 6.07) is 13.3. The second-order valence-corrected chi connectivity index (χ2v) is 5.96. The van der Waals surface area contributed by atoms with E-state index in [-0.39, 0.29) is 5.82 Å². The number of benzene rings is 2. The van der Waals surface area contributed by atoms with E-state index in [1.54, 1.807) is 6.07 Å². The Morgan fingerprint density at radius 2 is 1.90 bits per heavy atom. The Balaban J connectivity index is 2.20. The topological polar surface area (TPSA) is 26.0 Å². The molecule has 0 aliphatic heterocycles. The molecule has 0 fully saturated rings. The third kappa shape index (κ3) is 1.95. The lowest BCUT2D eigenvalue weighted by molar-refractivity contribution is 0.410. The van der Waals surface area contributed by atoms with Gasteiger partial charge >= 0.3 is 0 Å².